The van der Waals surface area contributed by atoms with E-state index in [-0.39, 0.29) is 35.8 Å². The Labute approximate surface area is 180 Å². The summed E-state index contributed by atoms with van der Waals surface area (Å²) in [4.78, 5) is 9.39. The van der Waals surface area contributed by atoms with Gasteiger partial charge in [0.25, 0.3) is 0 Å². The van der Waals surface area contributed by atoms with E-state index in [1.807, 2.05) is 26.2 Å². The first kappa shape index (κ1) is 24.1. The monoisotopic (exact) mass is 491 g/mol. The molecule has 1 atom stereocenters. The molecule has 0 bridgehead atoms. The summed E-state index contributed by atoms with van der Waals surface area (Å²) in [6, 6.07) is 6.82. The van der Waals surface area contributed by atoms with Crippen LogP contribution in [0.1, 0.15) is 37.8 Å². The number of nitrogens with zero attached hydrogens (tertiary/aromatic N) is 3. The Kier molecular flexibility index (Phi) is 11.9. The van der Waals surface area contributed by atoms with Crippen LogP contribution < -0.4 is 10.6 Å². The molecule has 2 N–H and O–H groups in total. The van der Waals surface area contributed by atoms with Crippen molar-refractivity contribution in [3.05, 3.63) is 35.6 Å². The van der Waals surface area contributed by atoms with E-state index >= 15 is 0 Å². The average molecular weight is 491 g/mol. The Morgan fingerprint density at radius 3 is 2.41 bits per heavy atom. The first-order valence-corrected chi connectivity index (χ1v) is 9.76. The Balaban J connectivity index is 0.00000364. The first-order valence-electron chi connectivity index (χ1n) is 9.76. The number of halogens is 2. The summed E-state index contributed by atoms with van der Waals surface area (Å²) >= 11 is 0. The van der Waals surface area contributed by atoms with Gasteiger partial charge in [-0.1, -0.05) is 18.6 Å². The van der Waals surface area contributed by atoms with Gasteiger partial charge in [0.1, 0.15) is 5.82 Å². The fourth-order valence-corrected chi connectivity index (χ4v) is 3.29. The molecular formula is C20H35FIN5. The van der Waals surface area contributed by atoms with Crippen molar-refractivity contribution >= 4 is 29.9 Å². The van der Waals surface area contributed by atoms with Gasteiger partial charge in [-0.3, -0.25) is 4.99 Å². The molecule has 5 nitrogen and oxygen atoms in total. The van der Waals surface area contributed by atoms with Gasteiger partial charge >= 0.3 is 0 Å². The minimum atomic E-state index is -0.206. The Morgan fingerprint density at radius 1 is 1.15 bits per heavy atom. The van der Waals surface area contributed by atoms with Gasteiger partial charge in [-0.25, -0.2) is 4.39 Å². The summed E-state index contributed by atoms with van der Waals surface area (Å²) in [5, 5.41) is 6.76. The molecule has 0 spiro atoms. The summed E-state index contributed by atoms with van der Waals surface area (Å²) in [5.74, 6) is 0.640. The van der Waals surface area contributed by atoms with Crippen LogP contribution >= 0.6 is 24.0 Å². The lowest BCUT2D eigenvalue weighted by Crippen LogP contribution is -2.43. The number of aliphatic imine (C=N–C) groups is 1. The van der Waals surface area contributed by atoms with Crippen LogP contribution in [-0.4, -0.2) is 69.1 Å². The van der Waals surface area contributed by atoms with E-state index in [4.69, 9.17) is 4.99 Å². The zero-order valence-electron chi connectivity index (χ0n) is 16.9. The van der Waals surface area contributed by atoms with E-state index in [0.29, 0.717) is 6.54 Å². The van der Waals surface area contributed by atoms with E-state index in [9.17, 15) is 4.39 Å². The van der Waals surface area contributed by atoms with Crippen LogP contribution in [0.15, 0.2) is 29.3 Å². The highest BCUT2D eigenvalue weighted by atomic mass is 127. The Hall–Kier alpha value is -0.930. The maximum Gasteiger partial charge on any atom is 0.191 e. The zero-order valence-corrected chi connectivity index (χ0v) is 19.2. The molecule has 1 aliphatic heterocycles. The molecule has 1 heterocycles. The molecule has 1 fully saturated rings. The summed E-state index contributed by atoms with van der Waals surface area (Å²) in [6.07, 6.45) is 4.00. The van der Waals surface area contributed by atoms with E-state index in [1.165, 1.54) is 44.5 Å². The molecule has 0 radical (unpaired) electrons. The number of hydrogen-bond donors (Lipinski definition) is 2. The summed E-state index contributed by atoms with van der Waals surface area (Å²) in [7, 11) is 4.06. The topological polar surface area (TPSA) is 42.9 Å². The number of rotatable bonds is 8. The molecule has 1 unspecified atom stereocenters. The molecule has 1 aromatic rings. The number of guanidine groups is 1. The third-order valence-electron chi connectivity index (χ3n) is 4.81. The van der Waals surface area contributed by atoms with E-state index in [1.54, 1.807) is 0 Å². The molecule has 1 aliphatic rings. The normalized spacial score (nSPS) is 16.7. The van der Waals surface area contributed by atoms with Crippen molar-refractivity contribution < 1.29 is 4.39 Å². The van der Waals surface area contributed by atoms with Crippen LogP contribution in [0.25, 0.3) is 0 Å². The van der Waals surface area contributed by atoms with Crippen LogP contribution in [0.2, 0.25) is 0 Å². The predicted molar refractivity (Wildman–Crippen MR) is 123 cm³/mol. The van der Waals surface area contributed by atoms with Gasteiger partial charge in [-0.2, -0.15) is 0 Å². The van der Waals surface area contributed by atoms with Gasteiger partial charge < -0.3 is 20.4 Å². The Morgan fingerprint density at radius 2 is 1.81 bits per heavy atom. The Bertz CT molecular complexity index is 544. The number of nitrogens with one attached hydrogen (secondary N) is 2. The zero-order chi connectivity index (χ0) is 18.8. The lowest BCUT2D eigenvalue weighted by molar-refractivity contribution is 0.232. The molecule has 0 aliphatic carbocycles. The average Bonchev–Trinajstić information content (AvgIpc) is 2.64. The van der Waals surface area contributed by atoms with Crippen LogP contribution in [0.3, 0.4) is 0 Å². The molecular weight excluding hydrogens is 456 g/mol. The van der Waals surface area contributed by atoms with E-state index < -0.39 is 0 Å². The standard InChI is InChI=1S/C20H34FN5.HI/c1-4-22-20(23-12-15-26-13-6-5-7-14-26)24-16-19(25(2)3)17-8-10-18(21)11-9-17;/h8-11,19H,4-7,12-16H2,1-3H3,(H2,22,23,24);1H. The largest absolute Gasteiger partial charge is 0.357 e. The quantitative estimate of drug-likeness (QED) is 0.333. The van der Waals surface area contributed by atoms with Crippen LogP contribution in [0, 0.1) is 5.82 Å². The van der Waals surface area contributed by atoms with Crippen molar-refractivity contribution in [2.24, 2.45) is 4.99 Å². The second-order valence-electron chi connectivity index (χ2n) is 7.08. The SMILES string of the molecule is CCNC(=NCC(c1ccc(F)cc1)N(C)C)NCCN1CCCCC1.I. The molecule has 1 saturated heterocycles. The summed E-state index contributed by atoms with van der Waals surface area (Å²) < 4.78 is 13.2. The number of piperidine rings is 1. The van der Waals surface area contributed by atoms with Crippen molar-refractivity contribution in [2.45, 2.75) is 32.2 Å². The molecule has 0 amide bonds. The van der Waals surface area contributed by atoms with Crippen molar-refractivity contribution in [2.75, 3.05) is 53.4 Å². The number of benzene rings is 1. The third-order valence-corrected chi connectivity index (χ3v) is 4.81. The molecule has 27 heavy (non-hydrogen) atoms. The van der Waals surface area contributed by atoms with E-state index in [2.05, 4.69) is 27.4 Å². The number of likely N-dealkylation sites (N-methyl/N-ethyl adjacent to an activating group) is 1. The minimum Gasteiger partial charge on any atom is -0.357 e. The highest BCUT2D eigenvalue weighted by molar-refractivity contribution is 14.0. The van der Waals surface area contributed by atoms with Crippen molar-refractivity contribution in [1.29, 1.82) is 0 Å². The van der Waals surface area contributed by atoms with Crippen LogP contribution in [0.5, 0.6) is 0 Å². The van der Waals surface area contributed by atoms with Crippen LogP contribution in [-0.2, 0) is 0 Å². The molecule has 0 saturated carbocycles. The summed E-state index contributed by atoms with van der Waals surface area (Å²) in [6.45, 7) is 7.90. The lowest BCUT2D eigenvalue weighted by Gasteiger charge is -2.27. The maximum atomic E-state index is 13.2. The highest BCUT2D eigenvalue weighted by Crippen LogP contribution is 2.18. The van der Waals surface area contributed by atoms with Gasteiger partial charge in [0.15, 0.2) is 5.96 Å². The molecule has 154 valence electrons. The van der Waals surface area contributed by atoms with Gasteiger partial charge in [0.2, 0.25) is 0 Å². The number of likely N-dealkylation sites (tertiary alicyclic amines) is 1. The van der Waals surface area contributed by atoms with Gasteiger partial charge in [-0.15, -0.1) is 24.0 Å². The van der Waals surface area contributed by atoms with Crippen LogP contribution in [0.4, 0.5) is 4.39 Å². The maximum absolute atomic E-state index is 13.2. The molecule has 1 aromatic carbocycles. The van der Waals surface area contributed by atoms with Crippen molar-refractivity contribution in [3.63, 3.8) is 0 Å². The van der Waals surface area contributed by atoms with Crippen molar-refractivity contribution in [1.82, 2.24) is 20.4 Å². The second kappa shape index (κ2) is 13.3. The number of hydrogen-bond acceptors (Lipinski definition) is 3. The molecule has 7 heteroatoms. The third kappa shape index (κ3) is 8.74. The highest BCUT2D eigenvalue weighted by Gasteiger charge is 2.14. The minimum absolute atomic E-state index is 0. The van der Waals surface area contributed by atoms with Gasteiger partial charge in [0.05, 0.1) is 12.6 Å². The molecule has 2 rings (SSSR count). The smallest absolute Gasteiger partial charge is 0.191 e. The van der Waals surface area contributed by atoms with Crippen molar-refractivity contribution in [3.8, 4) is 0 Å². The fraction of sp³-hybridized carbons (Fsp3) is 0.650. The summed E-state index contributed by atoms with van der Waals surface area (Å²) in [5.41, 5.74) is 1.07. The lowest BCUT2D eigenvalue weighted by atomic mass is 10.1. The molecule has 0 aromatic heterocycles. The predicted octanol–water partition coefficient (Wildman–Crippen LogP) is 3.09. The van der Waals surface area contributed by atoms with E-state index in [0.717, 1.165) is 31.2 Å². The fourth-order valence-electron chi connectivity index (χ4n) is 3.29. The second-order valence-corrected chi connectivity index (χ2v) is 7.08. The first-order chi connectivity index (χ1) is 12.6. The van der Waals surface area contributed by atoms with Gasteiger partial charge in [0, 0.05) is 19.6 Å². The van der Waals surface area contributed by atoms with Gasteiger partial charge in [-0.05, 0) is 64.6 Å².